The molecule has 0 bridgehead atoms. The van der Waals surface area contributed by atoms with Crippen molar-refractivity contribution in [3.63, 3.8) is 0 Å². The highest BCUT2D eigenvalue weighted by molar-refractivity contribution is 5.84. The summed E-state index contributed by atoms with van der Waals surface area (Å²) >= 11 is 0. The van der Waals surface area contributed by atoms with Gasteiger partial charge in [0, 0.05) is 11.4 Å². The molecule has 166 valence electrons. The Morgan fingerprint density at radius 3 is 1.38 bits per heavy atom. The van der Waals surface area contributed by atoms with Gasteiger partial charge in [0.15, 0.2) is 0 Å². The van der Waals surface area contributed by atoms with Crippen molar-refractivity contribution in [1.82, 2.24) is 0 Å². The molecule has 0 radical (unpaired) electrons. The monoisotopic (exact) mass is 444 g/mol. The molecule has 4 N–H and O–H groups in total. The summed E-state index contributed by atoms with van der Waals surface area (Å²) in [6.07, 6.45) is 0. The number of benzene rings is 5. The van der Waals surface area contributed by atoms with E-state index in [-0.39, 0.29) is 0 Å². The zero-order valence-corrected chi connectivity index (χ0v) is 18.5. The maximum absolute atomic E-state index is 6.10. The van der Waals surface area contributed by atoms with Gasteiger partial charge in [-0.05, 0) is 95.1 Å². The van der Waals surface area contributed by atoms with Crippen molar-refractivity contribution in [1.29, 1.82) is 0 Å². The van der Waals surface area contributed by atoms with Crippen LogP contribution in [0.25, 0.3) is 22.3 Å². The molecule has 0 saturated heterocycles. The van der Waals surface area contributed by atoms with Crippen molar-refractivity contribution in [2.24, 2.45) is 0 Å². The fraction of sp³-hybridized carbons (Fsp3) is 0. The van der Waals surface area contributed by atoms with E-state index >= 15 is 0 Å². The Hall–Kier alpha value is -4.70. The first-order valence-electron chi connectivity index (χ1n) is 11.0. The Morgan fingerprint density at radius 1 is 0.382 bits per heavy atom. The van der Waals surface area contributed by atoms with Crippen LogP contribution in [-0.4, -0.2) is 0 Å². The van der Waals surface area contributed by atoms with Gasteiger partial charge < -0.3 is 20.9 Å². The highest BCUT2D eigenvalue weighted by Gasteiger charge is 2.11. The van der Waals surface area contributed by atoms with Crippen molar-refractivity contribution < 1.29 is 9.47 Å². The molecule has 0 aromatic heterocycles. The van der Waals surface area contributed by atoms with Gasteiger partial charge in [0.2, 0.25) is 0 Å². The number of nitrogens with two attached hydrogens (primary N) is 2. The molecular formula is C30H24N2O2. The minimum absolute atomic E-state index is 0.705. The van der Waals surface area contributed by atoms with E-state index in [9.17, 15) is 0 Å². The molecule has 5 rings (SSSR count). The Balaban J connectivity index is 1.46. The third-order valence-electron chi connectivity index (χ3n) is 5.47. The predicted molar refractivity (Wildman–Crippen MR) is 139 cm³/mol. The summed E-state index contributed by atoms with van der Waals surface area (Å²) in [6.45, 7) is 0. The lowest BCUT2D eigenvalue weighted by Gasteiger charge is -2.14. The minimum Gasteiger partial charge on any atom is -0.457 e. The lowest BCUT2D eigenvalue weighted by Crippen LogP contribution is -1.90. The lowest BCUT2D eigenvalue weighted by molar-refractivity contribution is 0.482. The summed E-state index contributed by atoms with van der Waals surface area (Å²) in [4.78, 5) is 0. The van der Waals surface area contributed by atoms with Gasteiger partial charge in [-0.3, -0.25) is 0 Å². The Morgan fingerprint density at radius 2 is 0.824 bits per heavy atom. The van der Waals surface area contributed by atoms with E-state index in [1.807, 2.05) is 84.9 Å². The normalized spacial score (nSPS) is 10.6. The third-order valence-corrected chi connectivity index (χ3v) is 5.47. The number of ether oxygens (including phenoxy) is 2. The van der Waals surface area contributed by atoms with Crippen LogP contribution in [0.1, 0.15) is 0 Å². The molecule has 0 spiro atoms. The fourth-order valence-electron chi connectivity index (χ4n) is 3.74. The lowest BCUT2D eigenvalue weighted by atomic mass is 9.94. The van der Waals surface area contributed by atoms with E-state index in [0.717, 1.165) is 45.3 Å². The van der Waals surface area contributed by atoms with Crippen molar-refractivity contribution >= 4 is 11.4 Å². The Labute approximate surface area is 199 Å². The molecule has 0 amide bonds. The van der Waals surface area contributed by atoms with E-state index in [1.165, 1.54) is 0 Å². The summed E-state index contributed by atoms with van der Waals surface area (Å²) < 4.78 is 12.0. The van der Waals surface area contributed by atoms with E-state index in [4.69, 9.17) is 20.9 Å². The Bertz CT molecular complexity index is 1380. The quantitative estimate of drug-likeness (QED) is 0.262. The molecule has 0 atom stereocenters. The van der Waals surface area contributed by atoms with Crippen LogP contribution in [0.15, 0.2) is 121 Å². The van der Waals surface area contributed by atoms with Gasteiger partial charge in [0.1, 0.15) is 23.0 Å². The van der Waals surface area contributed by atoms with Crippen LogP contribution in [0, 0.1) is 0 Å². The van der Waals surface area contributed by atoms with Crippen molar-refractivity contribution in [3.05, 3.63) is 121 Å². The Kier molecular flexibility index (Phi) is 5.87. The number of hydrogen-bond donors (Lipinski definition) is 2. The maximum Gasteiger partial charge on any atom is 0.128 e. The summed E-state index contributed by atoms with van der Waals surface area (Å²) in [5.41, 5.74) is 17.4. The number of anilines is 2. The second-order valence-electron chi connectivity index (χ2n) is 7.94. The second kappa shape index (κ2) is 9.43. The molecule has 0 saturated carbocycles. The van der Waals surface area contributed by atoms with Crippen molar-refractivity contribution in [3.8, 4) is 45.3 Å². The molecular weight excluding hydrogens is 420 g/mol. The number of rotatable bonds is 6. The van der Waals surface area contributed by atoms with Gasteiger partial charge in [-0.25, -0.2) is 0 Å². The smallest absolute Gasteiger partial charge is 0.128 e. The first-order chi connectivity index (χ1) is 16.6. The van der Waals surface area contributed by atoms with Crippen LogP contribution < -0.4 is 20.9 Å². The third kappa shape index (κ3) is 4.87. The predicted octanol–water partition coefficient (Wildman–Crippen LogP) is 7.77. The first kappa shape index (κ1) is 21.2. The topological polar surface area (TPSA) is 70.5 Å². The SMILES string of the molecule is Nc1ccc(Oc2ccc(-c3ccc(Oc4ccc(N)cc4)cc3-c3ccccc3)cc2)cc1. The van der Waals surface area contributed by atoms with Crippen LogP contribution in [0.2, 0.25) is 0 Å². The molecule has 0 unspecified atom stereocenters. The van der Waals surface area contributed by atoms with Gasteiger partial charge in [-0.1, -0.05) is 48.5 Å². The number of hydrogen-bond acceptors (Lipinski definition) is 4. The molecule has 0 aliphatic carbocycles. The van der Waals surface area contributed by atoms with Crippen LogP contribution >= 0.6 is 0 Å². The minimum atomic E-state index is 0.705. The van der Waals surface area contributed by atoms with Crippen LogP contribution in [0.5, 0.6) is 23.0 Å². The molecule has 5 aromatic carbocycles. The molecule has 4 heteroatoms. The van der Waals surface area contributed by atoms with Gasteiger partial charge in [-0.15, -0.1) is 0 Å². The van der Waals surface area contributed by atoms with E-state index in [1.54, 1.807) is 0 Å². The molecule has 0 aliphatic heterocycles. The molecule has 4 nitrogen and oxygen atoms in total. The van der Waals surface area contributed by atoms with E-state index in [0.29, 0.717) is 11.4 Å². The fourth-order valence-corrected chi connectivity index (χ4v) is 3.74. The summed E-state index contributed by atoms with van der Waals surface area (Å²) in [5.74, 6) is 3.01. The number of nitrogen functional groups attached to an aromatic ring is 2. The van der Waals surface area contributed by atoms with Gasteiger partial charge >= 0.3 is 0 Å². The standard InChI is InChI=1S/C30H24N2O2/c31-23-8-14-26(15-9-23)33-25-12-6-22(7-13-25)29-19-18-28(34-27-16-10-24(32)11-17-27)20-30(29)21-4-2-1-3-5-21/h1-20H,31-32H2. The molecule has 5 aromatic rings. The van der Waals surface area contributed by atoms with Crippen LogP contribution in [0.3, 0.4) is 0 Å². The van der Waals surface area contributed by atoms with Crippen molar-refractivity contribution in [2.75, 3.05) is 11.5 Å². The van der Waals surface area contributed by atoms with Crippen LogP contribution in [-0.2, 0) is 0 Å². The highest BCUT2D eigenvalue weighted by Crippen LogP contribution is 2.37. The highest BCUT2D eigenvalue weighted by atomic mass is 16.5. The molecule has 34 heavy (non-hydrogen) atoms. The average Bonchev–Trinajstić information content (AvgIpc) is 2.88. The van der Waals surface area contributed by atoms with Crippen molar-refractivity contribution in [2.45, 2.75) is 0 Å². The molecule has 0 aliphatic rings. The van der Waals surface area contributed by atoms with E-state index in [2.05, 4.69) is 36.4 Å². The van der Waals surface area contributed by atoms with Crippen LogP contribution in [0.4, 0.5) is 11.4 Å². The van der Waals surface area contributed by atoms with Gasteiger partial charge in [0.25, 0.3) is 0 Å². The summed E-state index contributed by atoms with van der Waals surface area (Å²) in [5, 5.41) is 0. The van der Waals surface area contributed by atoms with E-state index < -0.39 is 0 Å². The molecule has 0 fully saturated rings. The summed E-state index contributed by atoms with van der Waals surface area (Å²) in [6, 6.07) is 39.3. The largest absolute Gasteiger partial charge is 0.457 e. The van der Waals surface area contributed by atoms with Gasteiger partial charge in [0.05, 0.1) is 0 Å². The summed E-state index contributed by atoms with van der Waals surface area (Å²) in [7, 11) is 0. The maximum atomic E-state index is 6.10. The average molecular weight is 445 g/mol. The van der Waals surface area contributed by atoms with Gasteiger partial charge in [-0.2, -0.15) is 0 Å². The second-order valence-corrected chi connectivity index (χ2v) is 7.94. The zero-order valence-electron chi connectivity index (χ0n) is 18.5. The zero-order chi connectivity index (χ0) is 23.3. The molecule has 0 heterocycles. The first-order valence-corrected chi connectivity index (χ1v) is 11.0.